The van der Waals surface area contributed by atoms with Gasteiger partial charge in [-0.1, -0.05) is 6.07 Å². The number of carbonyl (C=O) groups is 1. The van der Waals surface area contributed by atoms with Gasteiger partial charge >= 0.3 is 6.18 Å². The van der Waals surface area contributed by atoms with Crippen LogP contribution in [-0.2, 0) is 6.18 Å². The minimum absolute atomic E-state index is 0.0335. The van der Waals surface area contributed by atoms with Gasteiger partial charge in [-0.2, -0.15) is 13.2 Å². The zero-order chi connectivity index (χ0) is 26.3. The average molecular weight is 471 g/mol. The number of imidazole rings is 1. The molecule has 6 rings (SSSR count). The van der Waals surface area contributed by atoms with Crippen LogP contribution < -0.4 is 10.5 Å². The van der Waals surface area contributed by atoms with Crippen LogP contribution in [0.1, 0.15) is 50.3 Å². The second-order valence-corrected chi connectivity index (χ2v) is 8.36. The van der Waals surface area contributed by atoms with Crippen LogP contribution in [0.3, 0.4) is 0 Å². The smallest absolute Gasteiger partial charge is 0.416 e. The third kappa shape index (κ3) is 2.99. The molecule has 1 aromatic carbocycles. The second-order valence-electron chi connectivity index (χ2n) is 8.36. The first-order valence-electron chi connectivity index (χ1n) is 12.0. The molecule has 0 bridgehead atoms. The van der Waals surface area contributed by atoms with E-state index >= 15 is 0 Å². The van der Waals surface area contributed by atoms with Crippen LogP contribution >= 0.6 is 0 Å². The Morgan fingerprint density at radius 1 is 1.29 bits per heavy atom. The molecule has 4 aromatic rings. The minimum Gasteiger partial charge on any atom is -0.488 e. The van der Waals surface area contributed by atoms with E-state index in [9.17, 15) is 18.0 Å². The molecule has 0 saturated carbocycles. The number of alkyl halides is 3. The van der Waals surface area contributed by atoms with Gasteiger partial charge in [-0.15, -0.1) is 0 Å². The van der Waals surface area contributed by atoms with Gasteiger partial charge in [0.25, 0.3) is 5.91 Å². The lowest BCUT2D eigenvalue weighted by atomic mass is 9.93. The molecule has 1 amide bonds. The molecule has 2 aliphatic rings. The van der Waals surface area contributed by atoms with Crippen molar-refractivity contribution in [1.29, 1.82) is 0 Å². The number of carbonyl (C=O) groups excluding carboxylic acids is 1. The van der Waals surface area contributed by atoms with Gasteiger partial charge in [-0.25, -0.2) is 15.0 Å². The number of piperidine rings is 1. The predicted octanol–water partition coefficient (Wildman–Crippen LogP) is 3.93. The minimum atomic E-state index is -4.51. The summed E-state index contributed by atoms with van der Waals surface area (Å²) in [7, 11) is 0. The first-order valence-corrected chi connectivity index (χ1v) is 10.5. The number of aryl methyl sites for hydroxylation is 1. The number of amides is 1. The Kier molecular flexibility index (Phi) is 3.64. The SMILES string of the molecule is [2H]C([2H])([2H])c1ncn2c1c(N)nc1cnc(C(=O)N3CCC[C@@H]4Oc5cc(C(F)(F)F)ccc5[C@@H]43)cc12. The van der Waals surface area contributed by atoms with Gasteiger partial charge in [0, 0.05) is 16.2 Å². The van der Waals surface area contributed by atoms with Gasteiger partial charge in [0.05, 0.1) is 29.0 Å². The van der Waals surface area contributed by atoms with Crippen LogP contribution in [0, 0.1) is 6.85 Å². The molecule has 2 atom stereocenters. The molecule has 2 aliphatic heterocycles. The van der Waals surface area contributed by atoms with Gasteiger partial charge in [0.1, 0.15) is 34.9 Å². The molecule has 174 valence electrons. The molecule has 0 unspecified atom stereocenters. The summed E-state index contributed by atoms with van der Waals surface area (Å²) in [6.45, 7) is -2.15. The number of hydrogen-bond donors (Lipinski definition) is 1. The molecular weight excluding hydrogens is 449 g/mol. The Hall–Kier alpha value is -3.89. The summed E-state index contributed by atoms with van der Waals surface area (Å²) in [6.07, 6.45) is -1.11. The summed E-state index contributed by atoms with van der Waals surface area (Å²) in [5, 5.41) is 0. The molecule has 1 saturated heterocycles. The average Bonchev–Trinajstić information content (AvgIpc) is 3.45. The number of rotatable bonds is 1. The summed E-state index contributed by atoms with van der Waals surface area (Å²) in [4.78, 5) is 27.7. The van der Waals surface area contributed by atoms with E-state index in [2.05, 4.69) is 15.0 Å². The number of fused-ring (bicyclic) bond motifs is 6. The van der Waals surface area contributed by atoms with Crippen molar-refractivity contribution in [3.05, 3.63) is 59.3 Å². The van der Waals surface area contributed by atoms with E-state index < -0.39 is 36.6 Å². The Labute approximate surface area is 195 Å². The van der Waals surface area contributed by atoms with E-state index in [0.717, 1.165) is 12.1 Å². The highest BCUT2D eigenvalue weighted by atomic mass is 19.4. The van der Waals surface area contributed by atoms with E-state index in [4.69, 9.17) is 14.6 Å². The van der Waals surface area contributed by atoms with Crippen molar-refractivity contribution in [2.75, 3.05) is 12.3 Å². The summed E-state index contributed by atoms with van der Waals surface area (Å²) in [5.41, 5.74) is 6.41. The molecule has 1 fully saturated rings. The predicted molar refractivity (Wildman–Crippen MR) is 116 cm³/mol. The molecule has 0 spiro atoms. The zero-order valence-corrected chi connectivity index (χ0v) is 17.5. The van der Waals surface area contributed by atoms with Gasteiger partial charge in [0.2, 0.25) is 0 Å². The van der Waals surface area contributed by atoms with Crippen molar-refractivity contribution < 1.29 is 26.8 Å². The Morgan fingerprint density at radius 3 is 2.94 bits per heavy atom. The summed E-state index contributed by atoms with van der Waals surface area (Å²) in [5.74, 6) is -0.351. The molecule has 3 aromatic heterocycles. The van der Waals surface area contributed by atoms with E-state index in [1.54, 1.807) is 4.90 Å². The maximum absolute atomic E-state index is 13.7. The summed E-state index contributed by atoms with van der Waals surface area (Å²) >= 11 is 0. The first-order chi connectivity index (χ1) is 17.4. The van der Waals surface area contributed by atoms with Gasteiger partial charge < -0.3 is 15.4 Å². The summed E-state index contributed by atoms with van der Waals surface area (Å²) < 4.78 is 70.1. The zero-order valence-electron chi connectivity index (χ0n) is 20.5. The highest BCUT2D eigenvalue weighted by Gasteiger charge is 2.44. The lowest BCUT2D eigenvalue weighted by molar-refractivity contribution is -0.137. The molecular formula is C23H19F3N6O2. The van der Waals surface area contributed by atoms with Crippen molar-refractivity contribution in [1.82, 2.24) is 24.3 Å². The third-order valence-electron chi connectivity index (χ3n) is 6.37. The Balaban J connectivity index is 1.41. The van der Waals surface area contributed by atoms with Gasteiger partial charge in [-0.05, 0) is 37.9 Å². The van der Waals surface area contributed by atoms with Crippen LogP contribution in [0.5, 0.6) is 5.75 Å². The number of nitrogens with zero attached hydrogens (tertiary/aromatic N) is 5. The standard InChI is InChI=1S/C23H19F3N6O2/c1-11-19-21(27)30-15-9-28-14(8-16(15)32(19)10-29-11)22(33)31-6-2-3-17-20(31)13-5-4-12(23(24,25)26)7-18(13)34-17/h4-5,7-10,17,20H,2-3,6H2,1H3,(H2,27,30)/t17-,20-/m0/s1/i1D3. The van der Waals surface area contributed by atoms with Crippen LogP contribution in [0.4, 0.5) is 19.0 Å². The fourth-order valence-corrected chi connectivity index (χ4v) is 4.84. The van der Waals surface area contributed by atoms with Crippen molar-refractivity contribution in [2.45, 2.75) is 38.0 Å². The fourth-order valence-electron chi connectivity index (χ4n) is 4.84. The molecule has 11 heteroatoms. The molecule has 5 heterocycles. The van der Waals surface area contributed by atoms with Crippen molar-refractivity contribution in [3.63, 3.8) is 0 Å². The van der Waals surface area contributed by atoms with Crippen LogP contribution in [-0.4, -0.2) is 42.8 Å². The normalized spacial score (nSPS) is 21.5. The Bertz CT molecular complexity index is 1590. The first kappa shape index (κ1) is 17.6. The number of benzene rings is 1. The fraction of sp³-hybridized carbons (Fsp3) is 0.304. The number of hydrogen-bond acceptors (Lipinski definition) is 6. The number of nitrogen functional groups attached to an aromatic ring is 1. The number of halogens is 3. The van der Waals surface area contributed by atoms with Gasteiger partial charge in [0.15, 0.2) is 5.82 Å². The summed E-state index contributed by atoms with van der Waals surface area (Å²) in [6, 6.07) is 4.25. The maximum atomic E-state index is 13.7. The highest BCUT2D eigenvalue weighted by Crippen LogP contribution is 2.46. The molecule has 0 aliphatic carbocycles. The third-order valence-corrected chi connectivity index (χ3v) is 6.37. The second kappa shape index (κ2) is 7.05. The van der Waals surface area contributed by atoms with E-state index in [1.165, 1.54) is 29.1 Å². The Morgan fingerprint density at radius 2 is 2.15 bits per heavy atom. The topological polar surface area (TPSA) is 98.6 Å². The molecule has 2 N–H and O–H groups in total. The van der Waals surface area contributed by atoms with Crippen LogP contribution in [0.15, 0.2) is 36.8 Å². The lowest BCUT2D eigenvalue weighted by Gasteiger charge is -2.36. The molecule has 8 nitrogen and oxygen atoms in total. The molecule has 34 heavy (non-hydrogen) atoms. The van der Waals surface area contributed by atoms with Gasteiger partial charge in [-0.3, -0.25) is 9.20 Å². The number of anilines is 1. The number of ether oxygens (including phenoxy) is 1. The lowest BCUT2D eigenvalue weighted by Crippen LogP contribution is -2.44. The molecule has 0 radical (unpaired) electrons. The number of aromatic nitrogens is 4. The van der Waals surface area contributed by atoms with E-state index in [0.29, 0.717) is 36.0 Å². The quantitative estimate of drug-likeness (QED) is 0.452. The maximum Gasteiger partial charge on any atom is 0.416 e. The van der Waals surface area contributed by atoms with Crippen molar-refractivity contribution in [2.24, 2.45) is 0 Å². The largest absolute Gasteiger partial charge is 0.488 e. The van der Waals surface area contributed by atoms with Crippen molar-refractivity contribution >= 4 is 28.3 Å². The number of pyridine rings is 1. The van der Waals surface area contributed by atoms with E-state index in [1.807, 2.05) is 0 Å². The highest BCUT2D eigenvalue weighted by molar-refractivity contribution is 5.96. The van der Waals surface area contributed by atoms with Crippen LogP contribution in [0.2, 0.25) is 0 Å². The van der Waals surface area contributed by atoms with Crippen LogP contribution in [0.25, 0.3) is 16.6 Å². The van der Waals surface area contributed by atoms with E-state index in [-0.39, 0.29) is 28.5 Å². The number of likely N-dealkylation sites (tertiary alicyclic amines) is 1. The number of nitrogens with two attached hydrogens (primary N) is 1. The van der Waals surface area contributed by atoms with Crippen molar-refractivity contribution in [3.8, 4) is 5.75 Å². The monoisotopic (exact) mass is 471 g/mol.